The fraction of sp³-hybridized carbons (Fsp3) is 0.545. The van der Waals surface area contributed by atoms with Gasteiger partial charge in [-0.15, -0.1) is 0 Å². The van der Waals surface area contributed by atoms with E-state index in [-0.39, 0.29) is 62.2 Å². The average molecular weight is 701 g/mol. The van der Waals surface area contributed by atoms with Crippen molar-refractivity contribution in [3.63, 3.8) is 0 Å². The lowest BCUT2D eigenvalue weighted by molar-refractivity contribution is -0.142. The van der Waals surface area contributed by atoms with Gasteiger partial charge in [-0.2, -0.15) is 0 Å². The van der Waals surface area contributed by atoms with E-state index in [9.17, 15) is 34.2 Å². The number of H-pyrrole nitrogens is 1. The maximum absolute atomic E-state index is 13.9. The number of carboxylic acid groups (broad SMARTS) is 1. The molecule has 0 radical (unpaired) electrons. The molecule has 0 aliphatic carbocycles. The number of aromatic amines is 1. The van der Waals surface area contributed by atoms with E-state index < -0.39 is 59.8 Å². The molecule has 0 aliphatic rings. The van der Waals surface area contributed by atoms with Gasteiger partial charge in [0.2, 0.25) is 23.6 Å². The molecule has 50 heavy (non-hydrogen) atoms. The number of aliphatic carboxylic acids is 1. The highest BCUT2D eigenvalue weighted by atomic mass is 16.4. The first kappa shape index (κ1) is 41.0. The number of imidazole rings is 1. The first-order valence-electron chi connectivity index (χ1n) is 16.6. The van der Waals surface area contributed by atoms with E-state index in [2.05, 4.69) is 36.2 Å². The van der Waals surface area contributed by atoms with Crippen molar-refractivity contribution in [3.05, 3.63) is 48.0 Å². The minimum Gasteiger partial charge on any atom is -0.508 e. The van der Waals surface area contributed by atoms with Crippen LogP contribution >= 0.6 is 0 Å². The molecule has 0 unspecified atom stereocenters. The Labute approximate surface area is 291 Å². The summed E-state index contributed by atoms with van der Waals surface area (Å²) in [6.45, 7) is 7.65. The van der Waals surface area contributed by atoms with Gasteiger partial charge in [0.05, 0.1) is 12.4 Å². The molecule has 0 saturated heterocycles. The van der Waals surface area contributed by atoms with Crippen molar-refractivity contribution >= 4 is 35.6 Å². The molecule has 1 aromatic heterocycles. The summed E-state index contributed by atoms with van der Waals surface area (Å²) in [6.07, 6.45) is 3.84. The number of hydrogen-bond acceptors (Lipinski definition) is 9. The van der Waals surface area contributed by atoms with Gasteiger partial charge >= 0.3 is 5.97 Å². The van der Waals surface area contributed by atoms with Crippen LogP contribution < -0.4 is 38.5 Å². The van der Waals surface area contributed by atoms with E-state index in [1.54, 1.807) is 12.1 Å². The van der Waals surface area contributed by atoms with Crippen molar-refractivity contribution in [1.82, 2.24) is 31.2 Å². The second kappa shape index (κ2) is 20.4. The zero-order chi connectivity index (χ0) is 37.4. The maximum atomic E-state index is 13.9. The molecule has 1 aromatic carbocycles. The Hall–Kier alpha value is -5.19. The van der Waals surface area contributed by atoms with Crippen LogP contribution in [0.4, 0.5) is 0 Å². The molecular formula is C33H52N10O7. The third kappa shape index (κ3) is 14.9. The van der Waals surface area contributed by atoms with Gasteiger partial charge in [0, 0.05) is 31.3 Å². The predicted octanol–water partition coefficient (Wildman–Crippen LogP) is -0.603. The van der Waals surface area contributed by atoms with E-state index in [1.165, 1.54) is 24.7 Å². The Bertz CT molecular complexity index is 1430. The second-order valence-electron chi connectivity index (χ2n) is 13.0. The lowest BCUT2D eigenvalue weighted by Gasteiger charge is -2.27. The molecule has 17 nitrogen and oxygen atoms in total. The molecule has 0 spiro atoms. The number of carbonyl (C=O) groups is 5. The van der Waals surface area contributed by atoms with Gasteiger partial charge in [-0.05, 0) is 55.2 Å². The minimum atomic E-state index is -1.25. The zero-order valence-corrected chi connectivity index (χ0v) is 29.0. The van der Waals surface area contributed by atoms with Crippen molar-refractivity contribution in [1.29, 1.82) is 0 Å². The molecule has 4 amide bonds. The molecule has 0 bridgehead atoms. The van der Waals surface area contributed by atoms with Crippen LogP contribution in [0.15, 0.2) is 41.8 Å². The van der Waals surface area contributed by atoms with Crippen molar-refractivity contribution in [2.45, 2.75) is 96.4 Å². The highest BCUT2D eigenvalue weighted by Crippen LogP contribution is 2.14. The van der Waals surface area contributed by atoms with Crippen molar-refractivity contribution in [2.75, 3.05) is 6.54 Å². The van der Waals surface area contributed by atoms with E-state index in [0.29, 0.717) is 17.7 Å². The normalized spacial score (nSPS) is 14.1. The summed E-state index contributed by atoms with van der Waals surface area (Å²) < 4.78 is 0. The fourth-order valence-electron chi connectivity index (χ4n) is 5.04. The largest absolute Gasteiger partial charge is 0.508 e. The maximum Gasteiger partial charge on any atom is 0.326 e. The number of phenolic OH excluding ortho intramolecular Hbond substituents is 1. The Morgan fingerprint density at radius 2 is 1.32 bits per heavy atom. The van der Waals surface area contributed by atoms with Crippen molar-refractivity contribution < 1.29 is 34.2 Å². The van der Waals surface area contributed by atoms with Gasteiger partial charge < -0.3 is 53.7 Å². The van der Waals surface area contributed by atoms with Gasteiger partial charge in [-0.3, -0.25) is 24.2 Å². The molecule has 13 N–H and O–H groups in total. The number of amides is 4. The van der Waals surface area contributed by atoms with Crippen LogP contribution in [-0.2, 0) is 36.8 Å². The SMILES string of the molecule is CC(C)C[C@H](NC(=O)[C@H](Cc1cnc[nH]1)NC(=O)[C@H](Cc1ccc(O)cc1)NC(=O)[C@H](CC(C)C)NC(=O)[C@@H](N)CCCN=C(N)N)C(=O)O. The summed E-state index contributed by atoms with van der Waals surface area (Å²) in [5.74, 6) is -4.09. The number of guanidine groups is 1. The summed E-state index contributed by atoms with van der Waals surface area (Å²) in [6, 6.07) is 0.301. The highest BCUT2D eigenvalue weighted by Gasteiger charge is 2.33. The van der Waals surface area contributed by atoms with Gasteiger partial charge in [-0.1, -0.05) is 39.8 Å². The van der Waals surface area contributed by atoms with Gasteiger partial charge in [0.1, 0.15) is 29.9 Å². The van der Waals surface area contributed by atoms with Crippen LogP contribution in [0.25, 0.3) is 0 Å². The van der Waals surface area contributed by atoms with Crippen LogP contribution in [0.2, 0.25) is 0 Å². The number of nitrogens with one attached hydrogen (secondary N) is 5. The number of hydrogen-bond donors (Lipinski definition) is 10. The molecule has 0 aliphatic heterocycles. The molecule has 17 heteroatoms. The molecule has 2 aromatic rings. The number of benzene rings is 1. The number of nitrogens with two attached hydrogens (primary N) is 3. The molecule has 0 fully saturated rings. The summed E-state index contributed by atoms with van der Waals surface area (Å²) in [5.41, 5.74) is 17.8. The summed E-state index contributed by atoms with van der Waals surface area (Å²) in [5, 5.41) is 30.1. The van der Waals surface area contributed by atoms with Crippen LogP contribution in [0.1, 0.15) is 64.6 Å². The van der Waals surface area contributed by atoms with Crippen LogP contribution in [0.3, 0.4) is 0 Å². The van der Waals surface area contributed by atoms with Crippen molar-refractivity contribution in [2.24, 2.45) is 34.0 Å². The lowest BCUT2D eigenvalue weighted by atomic mass is 10.00. The van der Waals surface area contributed by atoms with Gasteiger partial charge in [-0.25, -0.2) is 9.78 Å². The topological polar surface area (TPSA) is 293 Å². The fourth-order valence-corrected chi connectivity index (χ4v) is 5.04. The molecule has 1 heterocycles. The predicted molar refractivity (Wildman–Crippen MR) is 186 cm³/mol. The Kier molecular flexibility index (Phi) is 16.7. The number of nitrogens with zero attached hydrogens (tertiary/aromatic N) is 2. The zero-order valence-electron chi connectivity index (χ0n) is 29.0. The van der Waals surface area contributed by atoms with E-state index in [1.807, 2.05) is 27.7 Å². The van der Waals surface area contributed by atoms with Crippen LogP contribution in [0, 0.1) is 11.8 Å². The first-order valence-corrected chi connectivity index (χ1v) is 16.6. The molecule has 0 saturated carbocycles. The van der Waals surface area contributed by atoms with Crippen molar-refractivity contribution in [3.8, 4) is 5.75 Å². The molecule has 2 rings (SSSR count). The van der Waals surface area contributed by atoms with E-state index in [4.69, 9.17) is 17.2 Å². The molecule has 276 valence electrons. The highest BCUT2D eigenvalue weighted by molar-refractivity contribution is 5.95. The third-order valence-corrected chi connectivity index (χ3v) is 7.59. The number of carbonyl (C=O) groups excluding carboxylic acids is 4. The summed E-state index contributed by atoms with van der Waals surface area (Å²) >= 11 is 0. The first-order chi connectivity index (χ1) is 23.5. The van der Waals surface area contributed by atoms with E-state index in [0.717, 1.165) is 0 Å². The Balaban J connectivity index is 2.33. The number of phenols is 1. The number of carboxylic acids is 1. The van der Waals surface area contributed by atoms with Gasteiger partial charge in [0.15, 0.2) is 5.96 Å². The smallest absolute Gasteiger partial charge is 0.326 e. The quantitative estimate of drug-likeness (QED) is 0.0445. The lowest BCUT2D eigenvalue weighted by Crippen LogP contribution is -2.59. The molecular weight excluding hydrogens is 648 g/mol. The van der Waals surface area contributed by atoms with E-state index >= 15 is 0 Å². The standard InChI is InChI=1S/C33H52N10O7/c1-18(2)12-24(40-28(45)23(34)6-5-11-38-33(35)36)29(46)41-25(14-20-7-9-22(44)10-8-20)30(47)42-26(15-21-16-37-17-39-21)31(48)43-27(32(49)50)13-19(3)4/h7-10,16-19,23-27,44H,5-6,11-15,34H2,1-4H3,(H,37,39)(H,40,45)(H,41,46)(H,42,47)(H,43,48)(H,49,50)(H4,35,36,38)/t23-,24-,25-,26-,27-/m0/s1. The average Bonchev–Trinajstić information content (AvgIpc) is 3.55. The molecule has 5 atom stereocenters. The number of aromatic hydroxyl groups is 1. The second-order valence-corrected chi connectivity index (χ2v) is 13.0. The Morgan fingerprint density at radius 3 is 1.84 bits per heavy atom. The number of aromatic nitrogens is 2. The van der Waals surface area contributed by atoms with Gasteiger partial charge in [0.25, 0.3) is 0 Å². The monoisotopic (exact) mass is 700 g/mol. The van der Waals surface area contributed by atoms with Crippen LogP contribution in [-0.4, -0.2) is 92.5 Å². The summed E-state index contributed by atoms with van der Waals surface area (Å²) in [7, 11) is 0. The van der Waals surface area contributed by atoms with Crippen LogP contribution in [0.5, 0.6) is 5.75 Å². The Morgan fingerprint density at radius 1 is 0.800 bits per heavy atom. The number of rotatable bonds is 21. The minimum absolute atomic E-state index is 0.00110. The third-order valence-electron chi connectivity index (χ3n) is 7.59. The summed E-state index contributed by atoms with van der Waals surface area (Å²) in [4.78, 5) is 76.7. The number of aliphatic imine (C=N–C) groups is 1.